The molecule has 51 heavy (non-hydrogen) atoms. The van der Waals surface area contributed by atoms with Crippen molar-refractivity contribution in [1.82, 2.24) is 0 Å². The molecule has 0 saturated heterocycles. The van der Waals surface area contributed by atoms with E-state index in [4.69, 9.17) is 8.83 Å². The zero-order valence-electron chi connectivity index (χ0n) is 27.4. The number of rotatable bonds is 4. The van der Waals surface area contributed by atoms with E-state index in [9.17, 15) is 0 Å². The van der Waals surface area contributed by atoms with Gasteiger partial charge in [0.15, 0.2) is 0 Å². The third-order valence-electron chi connectivity index (χ3n) is 10.5. The Morgan fingerprint density at radius 1 is 0.314 bits per heavy atom. The first-order valence-corrected chi connectivity index (χ1v) is 19.0. The van der Waals surface area contributed by atoms with E-state index in [1.54, 1.807) is 12.5 Å². The molecule has 2 nitrogen and oxygen atoms in total. The SMILES string of the molecule is c1coc(-c2c3ccccc3c(-c3cccc4c3[se]c3cccc(-c5c6ccccc6c(-c6ccco6)c6ccccc56)c34)c3ccccc23)c1. The van der Waals surface area contributed by atoms with Crippen LogP contribution >= 0.6 is 0 Å². The predicted octanol–water partition coefficient (Wildman–Crippen LogP) is 13.5. The van der Waals surface area contributed by atoms with Crippen molar-refractivity contribution in [3.05, 3.63) is 170 Å². The summed E-state index contributed by atoms with van der Waals surface area (Å²) < 4.78 is 14.9. The van der Waals surface area contributed by atoms with Crippen molar-refractivity contribution in [3.8, 4) is 44.9 Å². The summed E-state index contributed by atoms with van der Waals surface area (Å²) in [6, 6.07) is 57.3. The zero-order chi connectivity index (χ0) is 33.5. The molecule has 11 aromatic rings. The summed E-state index contributed by atoms with van der Waals surface area (Å²) in [5.41, 5.74) is 7.47. The van der Waals surface area contributed by atoms with E-state index in [0.29, 0.717) is 0 Å². The molecular formula is C48H28O2Se. The molecule has 11 rings (SSSR count). The second-order valence-electron chi connectivity index (χ2n) is 13.1. The van der Waals surface area contributed by atoms with Crippen LogP contribution in [0.2, 0.25) is 0 Å². The molecule has 0 aliphatic rings. The molecule has 0 saturated carbocycles. The van der Waals surface area contributed by atoms with Gasteiger partial charge in [-0.25, -0.2) is 0 Å². The van der Waals surface area contributed by atoms with Crippen LogP contribution in [0.4, 0.5) is 0 Å². The summed E-state index contributed by atoms with van der Waals surface area (Å²) in [4.78, 5) is 0. The topological polar surface area (TPSA) is 26.3 Å². The van der Waals surface area contributed by atoms with E-state index >= 15 is 0 Å². The van der Waals surface area contributed by atoms with Gasteiger partial charge in [-0.1, -0.05) is 0 Å². The van der Waals surface area contributed by atoms with Gasteiger partial charge in [-0.2, -0.15) is 0 Å². The summed E-state index contributed by atoms with van der Waals surface area (Å²) in [5.74, 6) is 1.79. The van der Waals surface area contributed by atoms with Crippen LogP contribution in [0, 0.1) is 0 Å². The van der Waals surface area contributed by atoms with Gasteiger partial charge in [-0.15, -0.1) is 0 Å². The van der Waals surface area contributed by atoms with Crippen molar-refractivity contribution >= 4 is 76.9 Å². The summed E-state index contributed by atoms with van der Waals surface area (Å²) >= 11 is 0.110. The van der Waals surface area contributed by atoms with Crippen LogP contribution in [0.25, 0.3) is 107 Å². The first-order valence-electron chi connectivity index (χ1n) is 17.2. The molecule has 0 N–H and O–H groups in total. The third kappa shape index (κ3) is 4.17. The average Bonchev–Trinajstić information content (AvgIpc) is 3.98. The van der Waals surface area contributed by atoms with Gasteiger partial charge in [0.05, 0.1) is 0 Å². The number of hydrogen-bond donors (Lipinski definition) is 0. The fourth-order valence-corrected chi connectivity index (χ4v) is 11.1. The van der Waals surface area contributed by atoms with Crippen LogP contribution in [0.3, 0.4) is 0 Å². The Morgan fingerprint density at radius 3 is 1.16 bits per heavy atom. The molecule has 0 bridgehead atoms. The summed E-state index contributed by atoms with van der Waals surface area (Å²) in [6.07, 6.45) is 3.54. The van der Waals surface area contributed by atoms with Crippen LogP contribution in [-0.4, -0.2) is 14.5 Å². The molecule has 0 aliphatic carbocycles. The van der Waals surface area contributed by atoms with Gasteiger partial charge in [-0.05, 0) is 0 Å². The van der Waals surface area contributed by atoms with E-state index in [1.165, 1.54) is 84.6 Å². The molecule has 0 radical (unpaired) electrons. The molecule has 0 aliphatic heterocycles. The van der Waals surface area contributed by atoms with E-state index in [-0.39, 0.29) is 14.5 Å². The minimum atomic E-state index is 0.110. The van der Waals surface area contributed by atoms with Crippen LogP contribution in [-0.2, 0) is 0 Å². The Hall–Kier alpha value is -6.12. The monoisotopic (exact) mass is 716 g/mol. The van der Waals surface area contributed by atoms with Gasteiger partial charge in [0.1, 0.15) is 0 Å². The molecule has 3 heteroatoms. The van der Waals surface area contributed by atoms with Crippen molar-refractivity contribution < 1.29 is 8.83 Å². The second-order valence-corrected chi connectivity index (χ2v) is 15.3. The Kier molecular flexibility index (Phi) is 6.30. The summed E-state index contributed by atoms with van der Waals surface area (Å²) in [6.45, 7) is 0. The number of fused-ring (bicyclic) bond motifs is 7. The molecule has 0 fully saturated rings. The van der Waals surface area contributed by atoms with Gasteiger partial charge in [0, 0.05) is 0 Å². The van der Waals surface area contributed by atoms with Gasteiger partial charge < -0.3 is 0 Å². The van der Waals surface area contributed by atoms with Gasteiger partial charge >= 0.3 is 301 Å². The molecular weight excluding hydrogens is 687 g/mol. The molecule has 0 amide bonds. The fourth-order valence-electron chi connectivity index (χ4n) is 8.46. The van der Waals surface area contributed by atoms with Crippen LogP contribution in [0.1, 0.15) is 0 Å². The van der Waals surface area contributed by atoms with Crippen LogP contribution in [0.5, 0.6) is 0 Å². The third-order valence-corrected chi connectivity index (χ3v) is 13.0. The molecule has 8 aromatic carbocycles. The predicted molar refractivity (Wildman–Crippen MR) is 215 cm³/mol. The van der Waals surface area contributed by atoms with Gasteiger partial charge in [-0.3, -0.25) is 0 Å². The van der Waals surface area contributed by atoms with Gasteiger partial charge in [0.25, 0.3) is 0 Å². The maximum absolute atomic E-state index is 6.04. The Balaban J connectivity index is 1.25. The van der Waals surface area contributed by atoms with Crippen molar-refractivity contribution in [2.45, 2.75) is 0 Å². The molecule has 0 spiro atoms. The first-order chi connectivity index (χ1) is 25.3. The standard InChI is InChI=1S/C48H28O2Se/c1-5-17-33-29(13-1)43(30-14-2-6-18-34(30)45(33)40-24-11-27-49-40)37-21-10-26-42-47(37)39-23-9-22-38(48(39)51-42)44-31-15-3-7-19-35(31)46(41-25-12-28-50-41)36-20-8-4-16-32(36)44/h1-28H. The van der Waals surface area contributed by atoms with E-state index < -0.39 is 0 Å². The van der Waals surface area contributed by atoms with E-state index in [1.807, 2.05) is 12.1 Å². The minimum absolute atomic E-state index is 0.110. The number of furan rings is 2. The number of hydrogen-bond acceptors (Lipinski definition) is 2. The average molecular weight is 716 g/mol. The van der Waals surface area contributed by atoms with Crippen molar-refractivity contribution in [3.63, 3.8) is 0 Å². The van der Waals surface area contributed by atoms with Crippen molar-refractivity contribution in [1.29, 1.82) is 0 Å². The van der Waals surface area contributed by atoms with Crippen LogP contribution in [0.15, 0.2) is 179 Å². The second kappa shape index (κ2) is 11.2. The molecule has 3 aromatic heterocycles. The molecule has 0 atom stereocenters. The summed E-state index contributed by atoms with van der Waals surface area (Å²) in [7, 11) is 0. The van der Waals surface area contributed by atoms with Crippen molar-refractivity contribution in [2.75, 3.05) is 0 Å². The zero-order valence-corrected chi connectivity index (χ0v) is 29.1. The number of benzene rings is 8. The Morgan fingerprint density at radius 2 is 0.706 bits per heavy atom. The molecule has 0 unspecified atom stereocenters. The van der Waals surface area contributed by atoms with Crippen LogP contribution < -0.4 is 0 Å². The van der Waals surface area contributed by atoms with E-state index in [2.05, 4.69) is 146 Å². The Bertz CT molecular complexity index is 3010. The molecule has 238 valence electrons. The fraction of sp³-hybridized carbons (Fsp3) is 0. The first kappa shape index (κ1) is 28.7. The summed E-state index contributed by atoms with van der Waals surface area (Å²) in [5, 5.41) is 12.5. The Labute approximate surface area is 299 Å². The maximum atomic E-state index is 6.04. The normalized spacial score (nSPS) is 11.9. The van der Waals surface area contributed by atoms with Crippen molar-refractivity contribution in [2.24, 2.45) is 0 Å². The van der Waals surface area contributed by atoms with Gasteiger partial charge in [0.2, 0.25) is 0 Å². The van der Waals surface area contributed by atoms with E-state index in [0.717, 1.165) is 22.6 Å². The quantitative estimate of drug-likeness (QED) is 0.134. The molecule has 3 heterocycles.